The van der Waals surface area contributed by atoms with Crippen LogP contribution in [0.2, 0.25) is 0 Å². The molecule has 1 saturated carbocycles. The summed E-state index contributed by atoms with van der Waals surface area (Å²) in [5.41, 5.74) is 0.512. The number of nitrogens with zero attached hydrogens (tertiary/aromatic N) is 3. The third-order valence-corrected chi connectivity index (χ3v) is 5.92. The maximum Gasteiger partial charge on any atom is 0.275 e. The van der Waals surface area contributed by atoms with Gasteiger partial charge in [-0.1, -0.05) is 23.8 Å². The Morgan fingerprint density at radius 2 is 2.17 bits per heavy atom. The molecular formula is C12H17N3OS2. The van der Waals surface area contributed by atoms with E-state index in [2.05, 4.69) is 21.3 Å². The Labute approximate surface area is 115 Å². The maximum atomic E-state index is 12.3. The summed E-state index contributed by atoms with van der Waals surface area (Å²) >= 11 is 3.32. The van der Waals surface area contributed by atoms with Crippen molar-refractivity contribution in [3.05, 3.63) is 11.1 Å². The maximum absolute atomic E-state index is 12.3. The van der Waals surface area contributed by atoms with Crippen LogP contribution in [-0.2, 0) is 0 Å². The molecule has 2 fully saturated rings. The van der Waals surface area contributed by atoms with E-state index in [1.54, 1.807) is 5.38 Å². The summed E-state index contributed by atoms with van der Waals surface area (Å²) in [7, 11) is 0. The molecule has 1 aromatic rings. The topological polar surface area (TPSA) is 46.1 Å². The first kappa shape index (κ1) is 12.4. The Kier molecular flexibility index (Phi) is 3.56. The van der Waals surface area contributed by atoms with E-state index in [1.165, 1.54) is 43.6 Å². The lowest BCUT2D eigenvalue weighted by Gasteiger charge is -2.44. The zero-order valence-electron chi connectivity index (χ0n) is 10.3. The molecule has 4 nitrogen and oxygen atoms in total. The molecule has 18 heavy (non-hydrogen) atoms. The van der Waals surface area contributed by atoms with Gasteiger partial charge in [0.25, 0.3) is 5.91 Å². The fourth-order valence-electron chi connectivity index (χ4n) is 2.94. The quantitative estimate of drug-likeness (QED) is 0.794. The highest BCUT2D eigenvalue weighted by Crippen LogP contribution is 2.42. The van der Waals surface area contributed by atoms with E-state index >= 15 is 0 Å². The molecule has 0 aromatic carbocycles. The average molecular weight is 283 g/mol. The number of thioether (sulfide) groups is 1. The molecule has 1 spiro atoms. The number of aromatic nitrogens is 2. The number of hydrogen-bond acceptors (Lipinski definition) is 5. The zero-order chi connectivity index (χ0) is 12.4. The summed E-state index contributed by atoms with van der Waals surface area (Å²) in [5, 5.41) is 5.64. The monoisotopic (exact) mass is 283 g/mol. The van der Waals surface area contributed by atoms with Gasteiger partial charge in [-0.3, -0.25) is 4.79 Å². The lowest BCUT2D eigenvalue weighted by molar-refractivity contribution is 0.0724. The minimum atomic E-state index is 0.0639. The van der Waals surface area contributed by atoms with E-state index in [0.29, 0.717) is 10.4 Å². The molecule has 0 radical (unpaired) electrons. The second-order valence-electron chi connectivity index (χ2n) is 5.11. The molecule has 1 aliphatic heterocycles. The highest BCUT2D eigenvalue weighted by molar-refractivity contribution is 8.00. The predicted molar refractivity (Wildman–Crippen MR) is 74.1 cm³/mol. The highest BCUT2D eigenvalue weighted by Gasteiger charge is 2.39. The van der Waals surface area contributed by atoms with Gasteiger partial charge in [0.1, 0.15) is 0 Å². The normalized spacial score (nSPS) is 23.2. The molecule has 1 aromatic heterocycles. The molecule has 3 rings (SSSR count). The van der Waals surface area contributed by atoms with Crippen molar-refractivity contribution in [3.8, 4) is 0 Å². The van der Waals surface area contributed by atoms with Crippen molar-refractivity contribution >= 4 is 29.2 Å². The van der Waals surface area contributed by atoms with Crippen LogP contribution in [0, 0.1) is 0 Å². The minimum Gasteiger partial charge on any atom is -0.335 e. The van der Waals surface area contributed by atoms with Crippen LogP contribution in [-0.4, -0.2) is 44.0 Å². The average Bonchev–Trinajstić information content (AvgIpc) is 2.93. The van der Waals surface area contributed by atoms with E-state index < -0.39 is 0 Å². The molecular weight excluding hydrogens is 266 g/mol. The number of carbonyl (C=O) groups is 1. The van der Waals surface area contributed by atoms with Gasteiger partial charge in [-0.2, -0.15) is 11.8 Å². The summed E-state index contributed by atoms with van der Waals surface area (Å²) in [6, 6.07) is 0. The van der Waals surface area contributed by atoms with Gasteiger partial charge >= 0.3 is 0 Å². The van der Waals surface area contributed by atoms with Crippen LogP contribution < -0.4 is 0 Å². The smallest absolute Gasteiger partial charge is 0.275 e. The van der Waals surface area contributed by atoms with E-state index in [-0.39, 0.29) is 5.91 Å². The first-order chi connectivity index (χ1) is 8.79. The summed E-state index contributed by atoms with van der Waals surface area (Å²) in [5.74, 6) is 1.12. The van der Waals surface area contributed by atoms with Crippen molar-refractivity contribution in [2.45, 2.75) is 36.9 Å². The van der Waals surface area contributed by atoms with Crippen molar-refractivity contribution in [1.82, 2.24) is 14.5 Å². The summed E-state index contributed by atoms with van der Waals surface area (Å²) in [4.78, 5) is 14.3. The molecule has 6 heteroatoms. The van der Waals surface area contributed by atoms with Gasteiger partial charge in [0.15, 0.2) is 5.69 Å². The van der Waals surface area contributed by atoms with E-state index in [0.717, 1.165) is 18.8 Å². The molecule has 98 valence electrons. The van der Waals surface area contributed by atoms with Crippen molar-refractivity contribution in [2.75, 3.05) is 18.8 Å². The van der Waals surface area contributed by atoms with E-state index in [9.17, 15) is 4.79 Å². The van der Waals surface area contributed by atoms with Gasteiger partial charge < -0.3 is 4.90 Å². The van der Waals surface area contributed by atoms with Crippen LogP contribution in [0.15, 0.2) is 5.38 Å². The third-order valence-electron chi connectivity index (χ3n) is 3.88. The number of rotatable bonds is 1. The third kappa shape index (κ3) is 2.40. The Balaban J connectivity index is 1.72. The molecule has 0 N–H and O–H groups in total. The number of hydrogen-bond donors (Lipinski definition) is 0. The molecule has 0 atom stereocenters. The summed E-state index contributed by atoms with van der Waals surface area (Å²) in [6.07, 6.45) is 6.50. The molecule has 1 aliphatic carbocycles. The van der Waals surface area contributed by atoms with Gasteiger partial charge in [-0.05, 0) is 24.4 Å². The van der Waals surface area contributed by atoms with E-state index in [1.807, 2.05) is 4.90 Å². The molecule has 1 amide bonds. The van der Waals surface area contributed by atoms with Crippen LogP contribution in [0.3, 0.4) is 0 Å². The van der Waals surface area contributed by atoms with Crippen LogP contribution in [0.1, 0.15) is 42.6 Å². The van der Waals surface area contributed by atoms with Crippen LogP contribution in [0.5, 0.6) is 0 Å². The van der Waals surface area contributed by atoms with Crippen LogP contribution in [0.25, 0.3) is 0 Å². The van der Waals surface area contributed by atoms with E-state index in [4.69, 9.17) is 0 Å². The standard InChI is InChI=1S/C12H17N3OS2/c16-11(10-8-18-14-13-10)15-6-7-17-12(9-15)4-2-1-3-5-12/h8H,1-7,9H2. The van der Waals surface area contributed by atoms with Crippen LogP contribution >= 0.6 is 23.3 Å². The molecule has 2 heterocycles. The highest BCUT2D eigenvalue weighted by atomic mass is 32.2. The largest absolute Gasteiger partial charge is 0.335 e. The first-order valence-corrected chi connectivity index (χ1v) is 8.32. The Morgan fingerprint density at radius 3 is 2.89 bits per heavy atom. The zero-order valence-corrected chi connectivity index (χ0v) is 11.9. The Bertz CT molecular complexity index is 409. The van der Waals surface area contributed by atoms with Gasteiger partial charge in [0.05, 0.1) is 0 Å². The molecule has 0 unspecified atom stereocenters. The Morgan fingerprint density at radius 1 is 1.33 bits per heavy atom. The molecule has 0 bridgehead atoms. The Hall–Kier alpha value is -0.620. The first-order valence-electron chi connectivity index (χ1n) is 6.49. The SMILES string of the molecule is O=C(c1csnn1)N1CCSC2(CCCCC2)C1. The second-order valence-corrected chi connectivity index (χ2v) is 7.28. The fraction of sp³-hybridized carbons (Fsp3) is 0.750. The van der Waals surface area contributed by atoms with Gasteiger partial charge in [-0.25, -0.2) is 0 Å². The summed E-state index contributed by atoms with van der Waals surface area (Å²) < 4.78 is 4.11. The van der Waals surface area contributed by atoms with Gasteiger partial charge in [0, 0.05) is 29.0 Å². The summed E-state index contributed by atoms with van der Waals surface area (Å²) in [6.45, 7) is 1.75. The fourth-order valence-corrected chi connectivity index (χ4v) is 4.94. The van der Waals surface area contributed by atoms with Crippen molar-refractivity contribution in [1.29, 1.82) is 0 Å². The second kappa shape index (κ2) is 5.17. The predicted octanol–water partition coefficient (Wildman–Crippen LogP) is 2.43. The van der Waals surface area contributed by atoms with Crippen molar-refractivity contribution in [3.63, 3.8) is 0 Å². The number of amides is 1. The lowest BCUT2D eigenvalue weighted by atomic mass is 9.87. The minimum absolute atomic E-state index is 0.0639. The number of carbonyl (C=O) groups excluding carboxylic acids is 1. The van der Waals surface area contributed by atoms with Crippen molar-refractivity contribution < 1.29 is 4.79 Å². The van der Waals surface area contributed by atoms with Gasteiger partial charge in [-0.15, -0.1) is 5.10 Å². The molecule has 2 aliphatic rings. The van der Waals surface area contributed by atoms with Gasteiger partial charge in [0.2, 0.25) is 0 Å². The lowest BCUT2D eigenvalue weighted by Crippen LogP contribution is -2.50. The van der Waals surface area contributed by atoms with Crippen LogP contribution in [0.4, 0.5) is 0 Å². The molecule has 1 saturated heterocycles. The van der Waals surface area contributed by atoms with Crippen molar-refractivity contribution in [2.24, 2.45) is 0 Å².